The minimum absolute atomic E-state index is 0.204. The van der Waals surface area contributed by atoms with Gasteiger partial charge in [-0.15, -0.1) is 0 Å². The summed E-state index contributed by atoms with van der Waals surface area (Å²) in [4.78, 5) is 0. The molecular weight excluding hydrogens is 683 g/mol. The van der Waals surface area contributed by atoms with Gasteiger partial charge in [-0.3, -0.25) is 0 Å². The number of benzene rings is 6. The van der Waals surface area contributed by atoms with E-state index in [0.29, 0.717) is 17.2 Å². The van der Waals surface area contributed by atoms with Crippen LogP contribution in [0, 0.1) is 0 Å². The molecule has 0 bridgehead atoms. The average Bonchev–Trinajstić information content (AvgIpc) is 3.13. The molecule has 0 atom stereocenters. The Hall–Kier alpha value is -5.65. The standard InChI is InChI=1S/C45H45O7P/c1-43(2,31-7-19-37(46)20-8-31)34-13-25-40(26-14-34)50-53(49,51-41-27-15-35(16-28-41)44(3,4)32-9-21-38(47)22-10-32)52-42-29-17-36(18-30-42)45(5,6)33-11-23-39(48)24-12-33/h7-30,46-48H,1-6H3. The van der Waals surface area contributed by atoms with Crippen LogP contribution in [0.4, 0.5) is 0 Å². The van der Waals surface area contributed by atoms with Crippen molar-refractivity contribution < 1.29 is 33.5 Å². The third-order valence-corrected chi connectivity index (χ3v) is 11.4. The predicted octanol–water partition coefficient (Wildman–Crippen LogP) is 11.4. The van der Waals surface area contributed by atoms with Crippen LogP contribution >= 0.6 is 7.82 Å². The van der Waals surface area contributed by atoms with Crippen LogP contribution in [0.1, 0.15) is 74.9 Å². The van der Waals surface area contributed by atoms with Crippen LogP contribution < -0.4 is 13.6 Å². The molecule has 0 aliphatic rings. The Morgan fingerprint density at radius 1 is 0.340 bits per heavy atom. The first kappa shape index (κ1) is 37.1. The molecule has 0 amide bonds. The fourth-order valence-electron chi connectivity index (χ4n) is 6.37. The van der Waals surface area contributed by atoms with Crippen molar-refractivity contribution in [1.82, 2.24) is 0 Å². The first-order valence-corrected chi connectivity index (χ1v) is 18.9. The minimum atomic E-state index is -4.33. The zero-order valence-electron chi connectivity index (χ0n) is 30.8. The van der Waals surface area contributed by atoms with Crippen LogP contribution in [0.15, 0.2) is 146 Å². The summed E-state index contributed by atoms with van der Waals surface area (Å²) in [5.41, 5.74) is 4.90. The van der Waals surface area contributed by atoms with Crippen molar-refractivity contribution in [3.05, 3.63) is 179 Å². The topological polar surface area (TPSA) is 105 Å². The lowest BCUT2D eigenvalue weighted by Gasteiger charge is -2.27. The molecule has 0 heterocycles. The number of aromatic hydroxyl groups is 3. The summed E-state index contributed by atoms with van der Waals surface area (Å²) in [5, 5.41) is 29.3. The third-order valence-electron chi connectivity index (χ3n) is 10.1. The fraction of sp³-hybridized carbons (Fsp3) is 0.200. The van der Waals surface area contributed by atoms with E-state index in [2.05, 4.69) is 41.5 Å². The number of hydrogen-bond acceptors (Lipinski definition) is 7. The third kappa shape index (κ3) is 8.21. The number of hydrogen-bond donors (Lipinski definition) is 3. The molecule has 0 aliphatic carbocycles. The van der Waals surface area contributed by atoms with Gasteiger partial charge >= 0.3 is 7.82 Å². The minimum Gasteiger partial charge on any atom is -0.508 e. The second kappa shape index (κ2) is 14.4. The molecular formula is C45H45O7P. The van der Waals surface area contributed by atoms with E-state index in [4.69, 9.17) is 13.6 Å². The second-order valence-corrected chi connectivity index (χ2v) is 16.3. The van der Waals surface area contributed by atoms with Crippen molar-refractivity contribution in [2.75, 3.05) is 0 Å². The number of phenols is 3. The molecule has 0 saturated carbocycles. The Bertz CT molecular complexity index is 1930. The maximum Gasteiger partial charge on any atom is 0.647 e. The molecule has 6 rings (SSSR count). The molecule has 0 fully saturated rings. The number of phosphoric acid groups is 1. The normalized spacial score (nSPS) is 12.3. The first-order chi connectivity index (χ1) is 25.0. The highest BCUT2D eigenvalue weighted by Gasteiger charge is 2.35. The van der Waals surface area contributed by atoms with Crippen LogP contribution in [-0.4, -0.2) is 15.3 Å². The van der Waals surface area contributed by atoms with Crippen molar-refractivity contribution in [3.8, 4) is 34.5 Å². The molecule has 0 saturated heterocycles. The fourth-order valence-corrected chi connectivity index (χ4v) is 7.63. The molecule has 0 radical (unpaired) electrons. The van der Waals surface area contributed by atoms with Gasteiger partial charge in [-0.25, -0.2) is 0 Å². The van der Waals surface area contributed by atoms with Gasteiger partial charge in [-0.2, -0.15) is 4.57 Å². The lowest BCUT2D eigenvalue weighted by Crippen LogP contribution is -2.19. The van der Waals surface area contributed by atoms with Gasteiger partial charge in [0.05, 0.1) is 0 Å². The van der Waals surface area contributed by atoms with E-state index in [0.717, 1.165) is 33.4 Å². The van der Waals surface area contributed by atoms with Gasteiger partial charge in [-0.05, 0) is 106 Å². The smallest absolute Gasteiger partial charge is 0.508 e. The Kier molecular flexibility index (Phi) is 10.1. The Balaban J connectivity index is 1.27. The first-order valence-electron chi connectivity index (χ1n) is 17.4. The van der Waals surface area contributed by atoms with Gasteiger partial charge in [0.15, 0.2) is 0 Å². The summed E-state index contributed by atoms with van der Waals surface area (Å²) >= 11 is 0. The zero-order valence-corrected chi connectivity index (χ0v) is 31.7. The molecule has 3 N–H and O–H groups in total. The van der Waals surface area contributed by atoms with Gasteiger partial charge in [-0.1, -0.05) is 114 Å². The van der Waals surface area contributed by atoms with Crippen molar-refractivity contribution in [3.63, 3.8) is 0 Å². The Morgan fingerprint density at radius 2 is 0.509 bits per heavy atom. The summed E-state index contributed by atoms with van der Waals surface area (Å²) < 4.78 is 32.8. The number of rotatable bonds is 12. The summed E-state index contributed by atoms with van der Waals surface area (Å²) in [6.45, 7) is 12.5. The molecule has 0 aliphatic heterocycles. The summed E-state index contributed by atoms with van der Waals surface area (Å²) in [6.07, 6.45) is 0. The van der Waals surface area contributed by atoms with Crippen molar-refractivity contribution in [2.45, 2.75) is 57.8 Å². The van der Waals surface area contributed by atoms with Gasteiger partial charge < -0.3 is 28.9 Å². The molecule has 6 aromatic rings. The lowest BCUT2D eigenvalue weighted by atomic mass is 9.78. The molecule has 6 aromatic carbocycles. The molecule has 272 valence electrons. The largest absolute Gasteiger partial charge is 0.647 e. The van der Waals surface area contributed by atoms with E-state index in [1.807, 2.05) is 72.8 Å². The molecule has 0 unspecified atom stereocenters. The van der Waals surface area contributed by atoms with E-state index in [1.165, 1.54) is 0 Å². The molecule has 0 spiro atoms. The second-order valence-electron chi connectivity index (χ2n) is 14.8. The summed E-state index contributed by atoms with van der Waals surface area (Å²) in [7, 11) is -4.33. The van der Waals surface area contributed by atoms with Crippen molar-refractivity contribution >= 4 is 7.82 Å². The van der Waals surface area contributed by atoms with Crippen LogP contribution in [0.5, 0.6) is 34.5 Å². The molecule has 8 heteroatoms. The molecule has 53 heavy (non-hydrogen) atoms. The van der Waals surface area contributed by atoms with Gasteiger partial charge in [0.1, 0.15) is 34.5 Å². The Morgan fingerprint density at radius 3 is 0.698 bits per heavy atom. The average molecular weight is 729 g/mol. The van der Waals surface area contributed by atoms with E-state index in [-0.39, 0.29) is 33.5 Å². The maximum absolute atomic E-state index is 14.6. The van der Waals surface area contributed by atoms with Gasteiger partial charge in [0, 0.05) is 16.2 Å². The number of phosphoric ester groups is 1. The molecule has 0 aromatic heterocycles. The van der Waals surface area contributed by atoms with Crippen LogP contribution in [0.2, 0.25) is 0 Å². The van der Waals surface area contributed by atoms with E-state index in [1.54, 1.807) is 72.8 Å². The van der Waals surface area contributed by atoms with E-state index in [9.17, 15) is 19.9 Å². The highest BCUT2D eigenvalue weighted by Crippen LogP contribution is 2.51. The summed E-state index contributed by atoms with van der Waals surface area (Å²) in [6, 6.07) is 43.3. The van der Waals surface area contributed by atoms with Crippen molar-refractivity contribution in [2.24, 2.45) is 0 Å². The van der Waals surface area contributed by atoms with E-state index < -0.39 is 7.82 Å². The quantitative estimate of drug-likeness (QED) is 0.108. The van der Waals surface area contributed by atoms with Crippen LogP contribution in [0.25, 0.3) is 0 Å². The van der Waals surface area contributed by atoms with Crippen LogP contribution in [-0.2, 0) is 20.8 Å². The van der Waals surface area contributed by atoms with Crippen LogP contribution in [0.3, 0.4) is 0 Å². The highest BCUT2D eigenvalue weighted by atomic mass is 31.2. The monoisotopic (exact) mass is 728 g/mol. The predicted molar refractivity (Wildman–Crippen MR) is 210 cm³/mol. The lowest BCUT2D eigenvalue weighted by molar-refractivity contribution is 0.298. The maximum atomic E-state index is 14.6. The zero-order chi connectivity index (χ0) is 38.0. The highest BCUT2D eigenvalue weighted by molar-refractivity contribution is 7.49. The molecule has 7 nitrogen and oxygen atoms in total. The van der Waals surface area contributed by atoms with Gasteiger partial charge in [0.2, 0.25) is 0 Å². The summed E-state index contributed by atoms with van der Waals surface area (Å²) in [5.74, 6) is 1.51. The Labute approximate surface area is 311 Å². The number of phenolic OH excluding ortho intramolecular Hbond substituents is 3. The van der Waals surface area contributed by atoms with Crippen molar-refractivity contribution in [1.29, 1.82) is 0 Å². The SMILES string of the molecule is CC(C)(c1ccc(O)cc1)c1ccc(OP(=O)(Oc2ccc(C(C)(C)c3ccc(O)cc3)cc2)Oc2ccc(C(C)(C)c3ccc(O)cc3)cc2)cc1. The van der Waals surface area contributed by atoms with E-state index >= 15 is 0 Å². The van der Waals surface area contributed by atoms with Gasteiger partial charge in [0.25, 0.3) is 0 Å².